The third-order valence-corrected chi connectivity index (χ3v) is 3.68. The number of hydrogen-bond acceptors (Lipinski definition) is 5. The van der Waals surface area contributed by atoms with Gasteiger partial charge in [0.05, 0.1) is 5.69 Å². The molecule has 2 heterocycles. The van der Waals surface area contributed by atoms with Crippen molar-refractivity contribution >= 4 is 22.4 Å². The zero-order valence-electron chi connectivity index (χ0n) is 11.6. The van der Waals surface area contributed by atoms with Gasteiger partial charge in [0, 0.05) is 23.1 Å². The Morgan fingerprint density at radius 1 is 1.35 bits per heavy atom. The number of carbonyl (C=O) groups excluding carboxylic acids is 1. The van der Waals surface area contributed by atoms with E-state index in [0.29, 0.717) is 28.6 Å². The number of aromatic amines is 1. The Balaban J connectivity index is 1.99. The van der Waals surface area contributed by atoms with E-state index in [4.69, 9.17) is 0 Å². The molecule has 0 saturated heterocycles. The number of thiazole rings is 1. The number of aromatic nitrogens is 3. The predicted octanol–water partition coefficient (Wildman–Crippen LogP) is 1.72. The van der Waals surface area contributed by atoms with Crippen LogP contribution in [0.15, 0.2) is 10.2 Å². The van der Waals surface area contributed by atoms with Crippen LogP contribution in [0.1, 0.15) is 29.2 Å². The van der Waals surface area contributed by atoms with Crippen molar-refractivity contribution < 1.29 is 4.79 Å². The van der Waals surface area contributed by atoms with Crippen molar-refractivity contribution in [2.75, 3.05) is 5.32 Å². The molecule has 106 valence electrons. The van der Waals surface area contributed by atoms with Gasteiger partial charge in [-0.1, -0.05) is 0 Å². The monoisotopic (exact) mass is 292 g/mol. The lowest BCUT2D eigenvalue weighted by Gasteiger charge is -2.05. The molecule has 1 amide bonds. The van der Waals surface area contributed by atoms with Crippen molar-refractivity contribution in [3.8, 4) is 0 Å². The van der Waals surface area contributed by atoms with Gasteiger partial charge in [0.25, 0.3) is 5.56 Å². The summed E-state index contributed by atoms with van der Waals surface area (Å²) < 4.78 is 0. The van der Waals surface area contributed by atoms with Crippen LogP contribution in [0.2, 0.25) is 0 Å². The topological polar surface area (TPSA) is 87.7 Å². The summed E-state index contributed by atoms with van der Waals surface area (Å²) >= 11 is 1.38. The minimum absolute atomic E-state index is 0.154. The lowest BCUT2D eigenvalue weighted by atomic mass is 10.1. The average molecular weight is 292 g/mol. The minimum atomic E-state index is -0.173. The molecule has 0 radical (unpaired) electrons. The molecule has 7 heteroatoms. The molecule has 0 unspecified atom stereocenters. The number of nitrogens with one attached hydrogen (secondary N) is 2. The Morgan fingerprint density at radius 3 is 2.70 bits per heavy atom. The van der Waals surface area contributed by atoms with E-state index >= 15 is 0 Å². The molecule has 0 atom stereocenters. The van der Waals surface area contributed by atoms with E-state index in [1.54, 1.807) is 13.8 Å². The fourth-order valence-corrected chi connectivity index (χ4v) is 2.58. The summed E-state index contributed by atoms with van der Waals surface area (Å²) in [6.45, 7) is 5.38. The molecular weight excluding hydrogens is 276 g/mol. The highest BCUT2D eigenvalue weighted by atomic mass is 32.1. The van der Waals surface area contributed by atoms with E-state index in [2.05, 4.69) is 20.3 Å². The molecule has 0 bridgehead atoms. The first kappa shape index (κ1) is 14.4. The minimum Gasteiger partial charge on any atom is -0.311 e. The molecule has 0 aromatic carbocycles. The Bertz CT molecular complexity index is 690. The summed E-state index contributed by atoms with van der Waals surface area (Å²) in [6, 6.07) is 0. The standard InChI is InChI=1S/C13H16N4O2S/c1-7-6-20-13(14-7)17-11(18)5-4-10-8(2)15-9(3)16-12(10)19/h6H,4-5H2,1-3H3,(H,14,17,18)(H,15,16,19). The predicted molar refractivity (Wildman–Crippen MR) is 78.1 cm³/mol. The Labute approximate surface area is 120 Å². The van der Waals surface area contributed by atoms with Gasteiger partial charge in [-0.2, -0.15) is 0 Å². The van der Waals surface area contributed by atoms with E-state index in [1.165, 1.54) is 11.3 Å². The van der Waals surface area contributed by atoms with Crippen LogP contribution in [-0.2, 0) is 11.2 Å². The number of rotatable bonds is 4. The second-order valence-electron chi connectivity index (χ2n) is 4.56. The largest absolute Gasteiger partial charge is 0.311 e. The number of aryl methyl sites for hydroxylation is 3. The fourth-order valence-electron chi connectivity index (χ4n) is 1.88. The van der Waals surface area contributed by atoms with Gasteiger partial charge >= 0.3 is 0 Å². The quantitative estimate of drug-likeness (QED) is 0.898. The number of H-pyrrole nitrogens is 1. The average Bonchev–Trinajstić information content (AvgIpc) is 2.73. The van der Waals surface area contributed by atoms with Gasteiger partial charge in [0.15, 0.2) is 5.13 Å². The summed E-state index contributed by atoms with van der Waals surface area (Å²) in [5.41, 5.74) is 1.93. The van der Waals surface area contributed by atoms with Gasteiger partial charge in [-0.15, -0.1) is 11.3 Å². The van der Waals surface area contributed by atoms with Gasteiger partial charge < -0.3 is 10.3 Å². The molecule has 0 spiro atoms. The first-order chi connectivity index (χ1) is 9.45. The number of amides is 1. The van der Waals surface area contributed by atoms with Gasteiger partial charge in [-0.3, -0.25) is 9.59 Å². The Morgan fingerprint density at radius 2 is 2.10 bits per heavy atom. The highest BCUT2D eigenvalue weighted by Gasteiger charge is 2.10. The molecule has 2 N–H and O–H groups in total. The second-order valence-corrected chi connectivity index (χ2v) is 5.42. The lowest BCUT2D eigenvalue weighted by Crippen LogP contribution is -2.20. The molecule has 0 aliphatic carbocycles. The van der Waals surface area contributed by atoms with Crippen molar-refractivity contribution in [2.24, 2.45) is 0 Å². The molecule has 0 aliphatic heterocycles. The molecule has 2 aromatic rings. The second kappa shape index (κ2) is 5.96. The maximum atomic E-state index is 11.8. The smallest absolute Gasteiger partial charge is 0.254 e. The van der Waals surface area contributed by atoms with Gasteiger partial charge in [0.2, 0.25) is 5.91 Å². The number of hydrogen-bond donors (Lipinski definition) is 2. The SMILES string of the molecule is Cc1csc(NC(=O)CCc2c(C)nc(C)[nH]c2=O)n1. The normalized spacial score (nSPS) is 10.6. The molecule has 0 fully saturated rings. The first-order valence-corrected chi connectivity index (χ1v) is 7.12. The third kappa shape index (κ3) is 3.51. The molecule has 2 rings (SSSR count). The third-order valence-electron chi connectivity index (χ3n) is 2.81. The zero-order chi connectivity index (χ0) is 14.7. The highest BCUT2D eigenvalue weighted by Crippen LogP contribution is 2.14. The van der Waals surface area contributed by atoms with Gasteiger partial charge in [-0.25, -0.2) is 9.97 Å². The van der Waals surface area contributed by atoms with Crippen LogP contribution in [-0.4, -0.2) is 20.9 Å². The molecule has 2 aromatic heterocycles. The van der Waals surface area contributed by atoms with Crippen LogP contribution in [0.3, 0.4) is 0 Å². The van der Waals surface area contributed by atoms with Crippen molar-refractivity contribution in [2.45, 2.75) is 33.6 Å². The maximum absolute atomic E-state index is 11.8. The maximum Gasteiger partial charge on any atom is 0.254 e. The lowest BCUT2D eigenvalue weighted by molar-refractivity contribution is -0.116. The summed E-state index contributed by atoms with van der Waals surface area (Å²) in [4.78, 5) is 34.6. The number of carbonyl (C=O) groups is 1. The van der Waals surface area contributed by atoms with E-state index in [-0.39, 0.29) is 17.9 Å². The number of nitrogens with zero attached hydrogens (tertiary/aromatic N) is 2. The highest BCUT2D eigenvalue weighted by molar-refractivity contribution is 7.13. The van der Waals surface area contributed by atoms with Crippen LogP contribution in [0.4, 0.5) is 5.13 Å². The summed E-state index contributed by atoms with van der Waals surface area (Å²) in [7, 11) is 0. The van der Waals surface area contributed by atoms with Crippen molar-refractivity contribution in [3.05, 3.63) is 38.5 Å². The zero-order valence-corrected chi connectivity index (χ0v) is 12.4. The molecule has 20 heavy (non-hydrogen) atoms. The van der Waals surface area contributed by atoms with E-state index in [0.717, 1.165) is 5.69 Å². The van der Waals surface area contributed by atoms with E-state index < -0.39 is 0 Å². The summed E-state index contributed by atoms with van der Waals surface area (Å²) in [5.74, 6) is 0.428. The molecule has 6 nitrogen and oxygen atoms in total. The van der Waals surface area contributed by atoms with Crippen molar-refractivity contribution in [1.29, 1.82) is 0 Å². The van der Waals surface area contributed by atoms with Crippen LogP contribution in [0.5, 0.6) is 0 Å². The Kier molecular flexibility index (Phi) is 4.29. The van der Waals surface area contributed by atoms with E-state index in [9.17, 15) is 9.59 Å². The van der Waals surface area contributed by atoms with Crippen LogP contribution >= 0.6 is 11.3 Å². The summed E-state index contributed by atoms with van der Waals surface area (Å²) in [5, 5.41) is 5.17. The van der Waals surface area contributed by atoms with Crippen LogP contribution in [0.25, 0.3) is 0 Å². The summed E-state index contributed by atoms with van der Waals surface area (Å²) in [6.07, 6.45) is 0.595. The van der Waals surface area contributed by atoms with Gasteiger partial charge in [0.1, 0.15) is 5.82 Å². The Hall–Kier alpha value is -2.02. The van der Waals surface area contributed by atoms with Crippen LogP contribution < -0.4 is 10.9 Å². The number of anilines is 1. The fraction of sp³-hybridized carbons (Fsp3) is 0.385. The first-order valence-electron chi connectivity index (χ1n) is 6.24. The van der Waals surface area contributed by atoms with Crippen LogP contribution in [0, 0.1) is 20.8 Å². The van der Waals surface area contributed by atoms with E-state index in [1.807, 2.05) is 12.3 Å². The van der Waals surface area contributed by atoms with Crippen molar-refractivity contribution in [3.63, 3.8) is 0 Å². The molecule has 0 saturated carbocycles. The van der Waals surface area contributed by atoms with Crippen molar-refractivity contribution in [1.82, 2.24) is 15.0 Å². The molecule has 0 aliphatic rings. The molecular formula is C13H16N4O2S. The van der Waals surface area contributed by atoms with Gasteiger partial charge in [-0.05, 0) is 27.2 Å².